The molecule has 0 radical (unpaired) electrons. The van der Waals surface area contributed by atoms with Gasteiger partial charge in [-0.1, -0.05) is 0 Å². The summed E-state index contributed by atoms with van der Waals surface area (Å²) in [6.07, 6.45) is 0. The zero-order valence-electron chi connectivity index (χ0n) is 8.20. The smallest absolute Gasteiger partial charge is 0.340 e. The van der Waals surface area contributed by atoms with Gasteiger partial charge >= 0.3 is 5.97 Å². The van der Waals surface area contributed by atoms with Crippen molar-refractivity contribution in [2.24, 2.45) is 0 Å². The Balaban J connectivity index is 2.63. The zero-order chi connectivity index (χ0) is 11.0. The van der Waals surface area contributed by atoms with Crippen LogP contribution in [0, 0.1) is 0 Å². The van der Waals surface area contributed by atoms with Crippen LogP contribution >= 0.6 is 22.7 Å². The van der Waals surface area contributed by atoms with Crippen LogP contribution in [0.5, 0.6) is 0 Å². The summed E-state index contributed by atoms with van der Waals surface area (Å²) in [4.78, 5) is 22.6. The molecule has 15 heavy (non-hydrogen) atoms. The van der Waals surface area contributed by atoms with E-state index in [2.05, 4.69) is 4.74 Å². The molecule has 0 aromatic carbocycles. The number of Topliss-reactive ketones (excluding diaryl/α,β-unsaturated/α-hetero) is 1. The number of ether oxygens (including phenoxy) is 1. The molecule has 3 nitrogen and oxygen atoms in total. The minimum Gasteiger partial charge on any atom is -0.465 e. The van der Waals surface area contributed by atoms with Gasteiger partial charge in [0.25, 0.3) is 0 Å². The minimum atomic E-state index is -0.349. The van der Waals surface area contributed by atoms with Crippen molar-refractivity contribution in [3.05, 3.63) is 21.9 Å². The molecule has 0 aliphatic rings. The fourth-order valence-corrected chi connectivity index (χ4v) is 3.76. The summed E-state index contributed by atoms with van der Waals surface area (Å²) in [5, 5.41) is 3.52. The van der Waals surface area contributed by atoms with Gasteiger partial charge in [0, 0.05) is 16.3 Å². The van der Waals surface area contributed by atoms with Gasteiger partial charge in [-0.05, 0) is 6.92 Å². The molecule has 0 saturated carbocycles. The Morgan fingerprint density at radius 3 is 2.20 bits per heavy atom. The van der Waals surface area contributed by atoms with Gasteiger partial charge in [0.2, 0.25) is 0 Å². The summed E-state index contributed by atoms with van der Waals surface area (Å²) in [7, 11) is 1.35. The van der Waals surface area contributed by atoms with E-state index in [1.807, 2.05) is 0 Å². The molecule has 0 aliphatic heterocycles. The first kappa shape index (κ1) is 10.3. The molecular formula is C10H8O3S2. The molecule has 0 amide bonds. The molecule has 2 rings (SSSR count). The molecule has 0 bridgehead atoms. The molecule has 0 N–H and O–H groups in total. The number of carbonyl (C=O) groups excluding carboxylic acids is 2. The predicted molar refractivity (Wildman–Crippen MR) is 61.0 cm³/mol. The number of rotatable bonds is 2. The fraction of sp³-hybridized carbons (Fsp3) is 0.200. The molecule has 0 spiro atoms. The fourth-order valence-electron chi connectivity index (χ4n) is 1.31. The van der Waals surface area contributed by atoms with Gasteiger partial charge < -0.3 is 4.74 Å². The largest absolute Gasteiger partial charge is 0.465 e. The number of carbonyl (C=O) groups is 2. The SMILES string of the molecule is COC(=O)c1csc2c(C(C)=O)csc12. The molecule has 0 atom stereocenters. The van der Waals surface area contributed by atoms with Crippen LogP contribution in [0.4, 0.5) is 0 Å². The summed E-state index contributed by atoms with van der Waals surface area (Å²) in [5.74, 6) is -0.322. The van der Waals surface area contributed by atoms with E-state index in [1.165, 1.54) is 36.7 Å². The zero-order valence-corrected chi connectivity index (χ0v) is 9.83. The first-order valence-electron chi connectivity index (χ1n) is 4.23. The predicted octanol–water partition coefficient (Wildman–Crippen LogP) is 2.95. The van der Waals surface area contributed by atoms with Crippen LogP contribution in [0.15, 0.2) is 10.8 Å². The summed E-state index contributed by atoms with van der Waals surface area (Å²) in [6, 6.07) is 0. The van der Waals surface area contributed by atoms with Crippen molar-refractivity contribution in [1.29, 1.82) is 0 Å². The van der Waals surface area contributed by atoms with E-state index in [1.54, 1.807) is 10.8 Å². The Kier molecular flexibility index (Phi) is 2.58. The van der Waals surface area contributed by atoms with Crippen molar-refractivity contribution in [2.75, 3.05) is 7.11 Å². The van der Waals surface area contributed by atoms with Crippen LogP contribution in [0.1, 0.15) is 27.6 Å². The van der Waals surface area contributed by atoms with Gasteiger partial charge in [0.1, 0.15) is 0 Å². The number of hydrogen-bond donors (Lipinski definition) is 0. The number of fused-ring (bicyclic) bond motifs is 1. The summed E-state index contributed by atoms with van der Waals surface area (Å²) < 4.78 is 6.39. The Labute approximate surface area is 94.3 Å². The lowest BCUT2D eigenvalue weighted by molar-refractivity contribution is 0.0603. The number of methoxy groups -OCH3 is 1. The molecule has 2 heterocycles. The molecule has 0 aliphatic carbocycles. The Bertz CT molecular complexity index is 536. The highest BCUT2D eigenvalue weighted by molar-refractivity contribution is 7.27. The number of ketones is 1. The number of esters is 1. The second-order valence-corrected chi connectivity index (χ2v) is 4.76. The van der Waals surface area contributed by atoms with Gasteiger partial charge in [-0.15, -0.1) is 22.7 Å². The summed E-state index contributed by atoms with van der Waals surface area (Å²) >= 11 is 2.82. The summed E-state index contributed by atoms with van der Waals surface area (Å²) in [5.41, 5.74) is 1.24. The average molecular weight is 240 g/mol. The second-order valence-electron chi connectivity index (χ2n) is 3.00. The Morgan fingerprint density at radius 1 is 1.13 bits per heavy atom. The number of hydrogen-bond acceptors (Lipinski definition) is 5. The normalized spacial score (nSPS) is 10.5. The Morgan fingerprint density at radius 2 is 1.67 bits per heavy atom. The highest BCUT2D eigenvalue weighted by atomic mass is 32.1. The lowest BCUT2D eigenvalue weighted by Crippen LogP contribution is -1.98. The van der Waals surface area contributed by atoms with E-state index in [9.17, 15) is 9.59 Å². The van der Waals surface area contributed by atoms with Crippen molar-refractivity contribution < 1.29 is 14.3 Å². The molecule has 2 aromatic heterocycles. The molecule has 78 valence electrons. The van der Waals surface area contributed by atoms with Gasteiger partial charge in [0.15, 0.2) is 5.78 Å². The van der Waals surface area contributed by atoms with Crippen molar-refractivity contribution >= 4 is 43.8 Å². The molecular weight excluding hydrogens is 232 g/mol. The molecule has 5 heteroatoms. The van der Waals surface area contributed by atoms with Crippen molar-refractivity contribution in [2.45, 2.75) is 6.92 Å². The van der Waals surface area contributed by atoms with Crippen LogP contribution < -0.4 is 0 Å². The highest BCUT2D eigenvalue weighted by Crippen LogP contribution is 2.35. The third-order valence-electron chi connectivity index (χ3n) is 2.07. The van der Waals surface area contributed by atoms with Crippen LogP contribution in [-0.2, 0) is 4.74 Å². The van der Waals surface area contributed by atoms with E-state index in [4.69, 9.17) is 0 Å². The molecule has 0 fully saturated rings. The van der Waals surface area contributed by atoms with E-state index in [-0.39, 0.29) is 11.8 Å². The first-order valence-corrected chi connectivity index (χ1v) is 5.99. The third kappa shape index (κ3) is 1.57. The van der Waals surface area contributed by atoms with Gasteiger partial charge in [-0.2, -0.15) is 0 Å². The van der Waals surface area contributed by atoms with Crippen LogP contribution in [0.2, 0.25) is 0 Å². The molecule has 2 aromatic rings. The monoisotopic (exact) mass is 240 g/mol. The van der Waals surface area contributed by atoms with Gasteiger partial charge in [0.05, 0.1) is 22.1 Å². The van der Waals surface area contributed by atoms with Crippen molar-refractivity contribution in [3.8, 4) is 0 Å². The van der Waals surface area contributed by atoms with Gasteiger partial charge in [-0.25, -0.2) is 4.79 Å². The van der Waals surface area contributed by atoms with Crippen LogP contribution in [0.3, 0.4) is 0 Å². The minimum absolute atomic E-state index is 0.0273. The lowest BCUT2D eigenvalue weighted by atomic mass is 10.2. The first-order chi connectivity index (χ1) is 7.15. The van der Waals surface area contributed by atoms with Crippen LogP contribution in [0.25, 0.3) is 9.40 Å². The third-order valence-corrected chi connectivity index (χ3v) is 4.23. The van der Waals surface area contributed by atoms with Crippen LogP contribution in [-0.4, -0.2) is 18.9 Å². The maximum Gasteiger partial charge on any atom is 0.340 e. The maximum atomic E-state index is 11.4. The lowest BCUT2D eigenvalue weighted by Gasteiger charge is -1.92. The number of thiophene rings is 2. The van der Waals surface area contributed by atoms with E-state index < -0.39 is 0 Å². The Hall–Kier alpha value is -1.20. The van der Waals surface area contributed by atoms with Crippen molar-refractivity contribution in [3.63, 3.8) is 0 Å². The van der Waals surface area contributed by atoms with Crippen molar-refractivity contribution in [1.82, 2.24) is 0 Å². The highest BCUT2D eigenvalue weighted by Gasteiger charge is 2.17. The maximum absolute atomic E-state index is 11.4. The van der Waals surface area contributed by atoms with E-state index in [0.29, 0.717) is 11.1 Å². The topological polar surface area (TPSA) is 43.4 Å². The van der Waals surface area contributed by atoms with E-state index >= 15 is 0 Å². The van der Waals surface area contributed by atoms with E-state index in [0.717, 1.165) is 9.40 Å². The molecule has 0 unspecified atom stereocenters. The standard InChI is InChI=1S/C10H8O3S2/c1-5(11)6-3-14-9-7(10(12)13-2)4-15-8(6)9/h3-4H,1-2H3. The average Bonchev–Trinajstić information content (AvgIpc) is 2.75. The quantitative estimate of drug-likeness (QED) is 0.598. The molecule has 0 saturated heterocycles. The second kappa shape index (κ2) is 3.75. The summed E-state index contributed by atoms with van der Waals surface area (Å²) in [6.45, 7) is 1.53. The van der Waals surface area contributed by atoms with Gasteiger partial charge in [-0.3, -0.25) is 4.79 Å².